The van der Waals surface area contributed by atoms with Gasteiger partial charge >= 0.3 is 11.8 Å². The number of aromatic nitrogens is 7. The summed E-state index contributed by atoms with van der Waals surface area (Å²) in [5, 5.41) is 15.0. The number of nitrogens with zero attached hydrogens (tertiary/aromatic N) is 6. The number of halogens is 1. The maximum absolute atomic E-state index is 15.1. The van der Waals surface area contributed by atoms with Crippen molar-refractivity contribution in [2.75, 3.05) is 0 Å². The van der Waals surface area contributed by atoms with E-state index < -0.39 is 11.7 Å². The summed E-state index contributed by atoms with van der Waals surface area (Å²) >= 11 is 0. The first kappa shape index (κ1) is 25.8. The Morgan fingerprint density at radius 2 is 1.98 bits per heavy atom. The standard InChI is InChI=1S/C29H31FN8O2/c1-29(2,3)28-37-36-27(40-28)26(39)32-14-18-10-9-17(13-22(18)30)21-11-12-31-25-23(21)34-24(35-25)19-15-33-38(16-19)20-7-5-4-6-8-20/h9-13,15-16,20H,4-8,14H2,1-3H3,(H,32,39)(H,31,34,35). The summed E-state index contributed by atoms with van der Waals surface area (Å²) in [6.07, 6.45) is 11.6. The molecular formula is C29H31FN8O2. The molecule has 4 aromatic heterocycles. The van der Waals surface area contributed by atoms with Crippen molar-refractivity contribution in [3.8, 4) is 22.5 Å². The van der Waals surface area contributed by atoms with Crippen LogP contribution in [0, 0.1) is 5.82 Å². The van der Waals surface area contributed by atoms with Gasteiger partial charge in [-0.05, 0) is 30.5 Å². The van der Waals surface area contributed by atoms with Gasteiger partial charge in [0.1, 0.15) is 11.6 Å². The molecule has 1 aliphatic rings. The second kappa shape index (κ2) is 10.3. The van der Waals surface area contributed by atoms with Gasteiger partial charge in [0, 0.05) is 35.5 Å². The zero-order chi connectivity index (χ0) is 27.9. The fourth-order valence-corrected chi connectivity index (χ4v) is 5.02. The highest BCUT2D eigenvalue weighted by Crippen LogP contribution is 2.32. The van der Waals surface area contributed by atoms with Crippen molar-refractivity contribution in [3.05, 3.63) is 66.0 Å². The molecule has 1 aromatic carbocycles. The fourth-order valence-electron chi connectivity index (χ4n) is 5.02. The van der Waals surface area contributed by atoms with Crippen LogP contribution in [0.3, 0.4) is 0 Å². The number of carbonyl (C=O) groups is 1. The largest absolute Gasteiger partial charge is 0.416 e. The van der Waals surface area contributed by atoms with Crippen LogP contribution in [0.25, 0.3) is 33.7 Å². The molecule has 0 unspecified atom stereocenters. The van der Waals surface area contributed by atoms with E-state index in [2.05, 4.69) is 35.6 Å². The van der Waals surface area contributed by atoms with E-state index in [1.54, 1.807) is 12.3 Å². The van der Waals surface area contributed by atoms with E-state index in [9.17, 15) is 4.79 Å². The lowest BCUT2D eigenvalue weighted by molar-refractivity contribution is 0.0912. The van der Waals surface area contributed by atoms with Gasteiger partial charge in [0.2, 0.25) is 5.89 Å². The van der Waals surface area contributed by atoms with Crippen molar-refractivity contribution in [2.45, 2.75) is 70.9 Å². The topological polar surface area (TPSA) is 127 Å². The molecule has 0 aliphatic heterocycles. The number of benzene rings is 1. The van der Waals surface area contributed by atoms with Gasteiger partial charge in [-0.3, -0.25) is 9.48 Å². The molecule has 6 rings (SSSR count). The summed E-state index contributed by atoms with van der Waals surface area (Å²) in [6.45, 7) is 5.70. The Kier molecular flexibility index (Phi) is 6.65. The average molecular weight is 543 g/mol. The predicted molar refractivity (Wildman–Crippen MR) is 147 cm³/mol. The summed E-state index contributed by atoms with van der Waals surface area (Å²) < 4.78 is 22.7. The third kappa shape index (κ3) is 5.11. The van der Waals surface area contributed by atoms with Crippen molar-refractivity contribution in [2.24, 2.45) is 0 Å². The Morgan fingerprint density at radius 3 is 2.73 bits per heavy atom. The van der Waals surface area contributed by atoms with Gasteiger partial charge in [-0.2, -0.15) is 5.10 Å². The molecule has 40 heavy (non-hydrogen) atoms. The number of hydrogen-bond donors (Lipinski definition) is 2. The van der Waals surface area contributed by atoms with E-state index >= 15 is 4.39 Å². The van der Waals surface area contributed by atoms with Crippen LogP contribution in [-0.4, -0.2) is 40.8 Å². The number of carbonyl (C=O) groups excluding carboxylic acids is 1. The molecule has 0 spiro atoms. The number of rotatable bonds is 6. The molecule has 0 bridgehead atoms. The predicted octanol–water partition coefficient (Wildman–Crippen LogP) is 5.74. The normalized spacial score (nSPS) is 14.6. The first-order valence-electron chi connectivity index (χ1n) is 13.6. The summed E-state index contributed by atoms with van der Waals surface area (Å²) in [5.41, 5.74) is 3.55. The molecule has 1 saturated carbocycles. The van der Waals surface area contributed by atoms with Crippen LogP contribution in [-0.2, 0) is 12.0 Å². The van der Waals surface area contributed by atoms with E-state index in [0.717, 1.165) is 29.5 Å². The molecule has 0 radical (unpaired) electrons. The van der Waals surface area contributed by atoms with Gasteiger partial charge in [-0.15, -0.1) is 10.2 Å². The van der Waals surface area contributed by atoms with Gasteiger partial charge < -0.3 is 14.7 Å². The minimum Gasteiger partial charge on any atom is -0.416 e. The van der Waals surface area contributed by atoms with Crippen LogP contribution in [0.2, 0.25) is 0 Å². The minimum atomic E-state index is -0.556. The molecule has 2 N–H and O–H groups in total. The van der Waals surface area contributed by atoms with Gasteiger partial charge in [0.15, 0.2) is 5.65 Å². The quantitative estimate of drug-likeness (QED) is 0.280. The summed E-state index contributed by atoms with van der Waals surface area (Å²) in [7, 11) is 0. The van der Waals surface area contributed by atoms with Crippen LogP contribution >= 0.6 is 0 Å². The molecule has 206 valence electrons. The van der Waals surface area contributed by atoms with Crippen LogP contribution in [0.1, 0.15) is 81.1 Å². The first-order valence-corrected chi connectivity index (χ1v) is 13.6. The maximum Gasteiger partial charge on any atom is 0.309 e. The molecule has 5 aromatic rings. The lowest BCUT2D eigenvalue weighted by Gasteiger charge is -2.21. The van der Waals surface area contributed by atoms with E-state index in [1.807, 2.05) is 50.0 Å². The third-order valence-corrected chi connectivity index (χ3v) is 7.28. The Morgan fingerprint density at radius 1 is 1.15 bits per heavy atom. The number of pyridine rings is 1. The Labute approximate surface area is 230 Å². The molecule has 0 atom stereocenters. The van der Waals surface area contributed by atoms with Crippen molar-refractivity contribution >= 4 is 17.1 Å². The summed E-state index contributed by atoms with van der Waals surface area (Å²) in [6, 6.07) is 7.17. The van der Waals surface area contributed by atoms with E-state index in [-0.39, 0.29) is 17.9 Å². The van der Waals surface area contributed by atoms with E-state index in [4.69, 9.17) is 4.42 Å². The van der Waals surface area contributed by atoms with Crippen LogP contribution < -0.4 is 5.32 Å². The zero-order valence-corrected chi connectivity index (χ0v) is 22.7. The highest BCUT2D eigenvalue weighted by Gasteiger charge is 2.24. The number of amides is 1. The van der Waals surface area contributed by atoms with Gasteiger partial charge in [0.25, 0.3) is 0 Å². The van der Waals surface area contributed by atoms with Crippen molar-refractivity contribution in [1.29, 1.82) is 0 Å². The number of hydrogen-bond acceptors (Lipinski definition) is 7. The number of fused-ring (bicyclic) bond motifs is 1. The molecule has 1 amide bonds. The molecule has 10 nitrogen and oxygen atoms in total. The average Bonchev–Trinajstić information content (AvgIpc) is 3.71. The highest BCUT2D eigenvalue weighted by atomic mass is 19.1. The van der Waals surface area contributed by atoms with Gasteiger partial charge in [-0.1, -0.05) is 52.2 Å². The number of imidazole rings is 1. The van der Waals surface area contributed by atoms with Crippen LogP contribution in [0.5, 0.6) is 0 Å². The fraction of sp³-hybridized carbons (Fsp3) is 0.379. The van der Waals surface area contributed by atoms with E-state index in [0.29, 0.717) is 34.5 Å². The Bertz CT molecular complexity index is 1670. The molecular weight excluding hydrogens is 511 g/mol. The third-order valence-electron chi connectivity index (χ3n) is 7.28. The van der Waals surface area contributed by atoms with Crippen molar-refractivity contribution < 1.29 is 13.6 Å². The zero-order valence-electron chi connectivity index (χ0n) is 22.7. The molecule has 1 aliphatic carbocycles. The van der Waals surface area contributed by atoms with Gasteiger partial charge in [-0.25, -0.2) is 14.4 Å². The van der Waals surface area contributed by atoms with Gasteiger partial charge in [0.05, 0.1) is 23.3 Å². The molecule has 0 saturated heterocycles. The smallest absolute Gasteiger partial charge is 0.309 e. The molecule has 4 heterocycles. The summed E-state index contributed by atoms with van der Waals surface area (Å²) in [4.78, 5) is 24.9. The second-order valence-electron chi connectivity index (χ2n) is 11.3. The molecule has 1 fully saturated rings. The minimum absolute atomic E-state index is 0.0247. The lowest BCUT2D eigenvalue weighted by Crippen LogP contribution is -2.23. The monoisotopic (exact) mass is 542 g/mol. The number of nitrogens with one attached hydrogen (secondary N) is 2. The maximum atomic E-state index is 15.1. The lowest BCUT2D eigenvalue weighted by atomic mass is 9.96. The number of H-pyrrole nitrogens is 1. The van der Waals surface area contributed by atoms with Crippen LogP contribution in [0.15, 0.2) is 47.3 Å². The Balaban J connectivity index is 1.20. The van der Waals surface area contributed by atoms with Crippen molar-refractivity contribution in [1.82, 2.24) is 40.2 Å². The van der Waals surface area contributed by atoms with Crippen molar-refractivity contribution in [3.63, 3.8) is 0 Å². The first-order chi connectivity index (χ1) is 19.3. The second-order valence-corrected chi connectivity index (χ2v) is 11.3. The number of aromatic amines is 1. The molecule has 11 heteroatoms. The highest BCUT2D eigenvalue weighted by molar-refractivity contribution is 5.91. The SMILES string of the molecule is CC(C)(C)c1nnc(C(=O)NCc2ccc(-c3ccnc4nc(-c5cnn(C6CCCCC6)c5)[nH]c34)cc2F)o1. The van der Waals surface area contributed by atoms with Crippen LogP contribution in [0.4, 0.5) is 4.39 Å². The van der Waals surface area contributed by atoms with E-state index in [1.165, 1.54) is 25.3 Å². The Hall–Kier alpha value is -4.41. The summed E-state index contributed by atoms with van der Waals surface area (Å²) in [5.74, 6) is -0.124.